The van der Waals surface area contributed by atoms with Gasteiger partial charge in [-0.3, -0.25) is 0 Å². The van der Waals surface area contributed by atoms with Gasteiger partial charge >= 0.3 is 0 Å². The number of nitrogens with one attached hydrogen (secondary N) is 1. The molecule has 1 aliphatic heterocycles. The number of likely N-dealkylation sites (tertiary alicyclic amines) is 1. The monoisotopic (exact) mass is 464 g/mol. The van der Waals surface area contributed by atoms with Crippen molar-refractivity contribution in [2.45, 2.75) is 18.3 Å². The molecule has 0 radical (unpaired) electrons. The highest BCUT2D eigenvalue weighted by molar-refractivity contribution is 5.87. The van der Waals surface area contributed by atoms with E-state index in [2.05, 4.69) is 7.05 Å². The Morgan fingerprint density at radius 2 is 1.62 bits per heavy atom. The quantitative estimate of drug-likeness (QED) is 0.219. The molecule has 178 valence electrons. The highest BCUT2D eigenvalue weighted by Crippen LogP contribution is 2.45. The van der Waals surface area contributed by atoms with E-state index in [0.717, 1.165) is 47.7 Å². The first-order valence-electron chi connectivity index (χ1n) is 11.6. The van der Waals surface area contributed by atoms with Crippen LogP contribution in [0, 0.1) is 23.0 Å². The van der Waals surface area contributed by atoms with E-state index in [0.29, 0.717) is 6.42 Å². The smallest absolute Gasteiger partial charge is 0.200 e. The Morgan fingerprint density at radius 3 is 2.21 bits per heavy atom. The number of hydrogen-bond donors (Lipinski definition) is 1. The number of halogens is 2. The first-order chi connectivity index (χ1) is 16.4. The molecular weight excluding hydrogens is 434 g/mol. The summed E-state index contributed by atoms with van der Waals surface area (Å²) in [5.74, 6) is -2.58. The van der Waals surface area contributed by atoms with Crippen LogP contribution in [0.25, 0.3) is 0 Å². The number of quaternary nitrogens is 1. The third-order valence-corrected chi connectivity index (χ3v) is 7.12. The summed E-state index contributed by atoms with van der Waals surface area (Å²) in [6, 6.07) is 23.2. The van der Waals surface area contributed by atoms with Crippen LogP contribution in [0.1, 0.15) is 24.0 Å². The highest BCUT2D eigenvalue weighted by atomic mass is 19.2. The molecule has 4 nitrogen and oxygen atoms in total. The van der Waals surface area contributed by atoms with Crippen molar-refractivity contribution in [3.05, 3.63) is 102 Å². The molecule has 3 aromatic carbocycles. The summed E-state index contributed by atoms with van der Waals surface area (Å²) in [6.07, 6.45) is 1.47. The largest absolute Gasteiger partial charge is 0.861 e. The Labute approximate surface area is 199 Å². The van der Waals surface area contributed by atoms with Crippen LogP contribution in [0.3, 0.4) is 0 Å². The molecule has 1 fully saturated rings. The molecule has 0 bridgehead atoms. The summed E-state index contributed by atoms with van der Waals surface area (Å²) in [5, 5.41) is 21.5. The summed E-state index contributed by atoms with van der Waals surface area (Å²) >= 11 is 0. The van der Waals surface area contributed by atoms with Gasteiger partial charge in [0.25, 0.3) is 0 Å². The number of rotatable bonds is 9. The van der Waals surface area contributed by atoms with Gasteiger partial charge in [0.15, 0.2) is 11.6 Å². The Balaban J connectivity index is 1.51. The van der Waals surface area contributed by atoms with Crippen molar-refractivity contribution in [2.75, 3.05) is 33.3 Å². The number of nitrogens with zero attached hydrogens (tertiary/aromatic N) is 1. The standard InChI is InChI=1S/C28H30F2N2O2/c1-32(17-9-19-34-25-15-8-14-24(29)26(25)30)18-16-23(20-32)28(27(31)33,21-10-4-2-5-11-21)22-12-6-3-7-13-22/h2-8,10-15,23H,9,16-20H2,1H3,(H-,31,33). The van der Waals surface area contributed by atoms with E-state index >= 15 is 0 Å². The molecule has 0 aromatic heterocycles. The minimum Gasteiger partial charge on any atom is -0.861 e. The van der Waals surface area contributed by atoms with Gasteiger partial charge < -0.3 is 19.7 Å². The van der Waals surface area contributed by atoms with Crippen LogP contribution in [-0.4, -0.2) is 43.7 Å². The van der Waals surface area contributed by atoms with Crippen LogP contribution >= 0.6 is 0 Å². The van der Waals surface area contributed by atoms with Crippen LogP contribution in [0.15, 0.2) is 78.9 Å². The van der Waals surface area contributed by atoms with Crippen molar-refractivity contribution in [2.24, 2.45) is 5.92 Å². The molecule has 2 unspecified atom stereocenters. The first kappa shape index (κ1) is 23.9. The van der Waals surface area contributed by atoms with Gasteiger partial charge in [-0.25, -0.2) is 4.39 Å². The van der Waals surface area contributed by atoms with E-state index in [-0.39, 0.29) is 18.3 Å². The minimum atomic E-state index is -1.03. The number of ether oxygens (including phenoxy) is 1. The van der Waals surface area contributed by atoms with Crippen molar-refractivity contribution in [3.8, 4) is 5.75 Å². The average molecular weight is 465 g/mol. The van der Waals surface area contributed by atoms with Crippen molar-refractivity contribution in [1.82, 2.24) is 0 Å². The summed E-state index contributed by atoms with van der Waals surface area (Å²) in [6.45, 7) is 2.66. The van der Waals surface area contributed by atoms with Crippen molar-refractivity contribution < 1.29 is 23.1 Å². The summed E-state index contributed by atoms with van der Waals surface area (Å²) < 4.78 is 33.4. The van der Waals surface area contributed by atoms with Crippen molar-refractivity contribution in [3.63, 3.8) is 0 Å². The van der Waals surface area contributed by atoms with E-state index in [9.17, 15) is 13.9 Å². The normalized spacial score (nSPS) is 20.3. The molecule has 4 rings (SSSR count). The Kier molecular flexibility index (Phi) is 6.98. The van der Waals surface area contributed by atoms with Gasteiger partial charge in [-0.05, 0) is 29.2 Å². The predicted octanol–water partition coefficient (Wildman–Crippen LogP) is 4.52. The lowest BCUT2D eigenvalue weighted by Gasteiger charge is -2.43. The summed E-state index contributed by atoms with van der Waals surface area (Å²) in [5.41, 5.74) is 0.675. The Hall–Kier alpha value is -3.25. The number of hydrogen-bond acceptors (Lipinski definition) is 3. The molecule has 0 aliphatic carbocycles. The molecule has 0 spiro atoms. The lowest BCUT2D eigenvalue weighted by atomic mass is 9.65. The summed E-state index contributed by atoms with van der Waals surface area (Å²) in [7, 11) is 2.15. The molecule has 6 heteroatoms. The zero-order chi connectivity index (χ0) is 24.2. The van der Waals surface area contributed by atoms with Crippen LogP contribution in [0.4, 0.5) is 8.78 Å². The highest BCUT2D eigenvalue weighted by Gasteiger charge is 2.49. The summed E-state index contributed by atoms with van der Waals surface area (Å²) in [4.78, 5) is 0. The lowest BCUT2D eigenvalue weighted by Crippen LogP contribution is -2.52. The molecule has 3 aromatic rings. The van der Waals surface area contributed by atoms with Crippen LogP contribution in [0.2, 0.25) is 0 Å². The average Bonchev–Trinajstić information content (AvgIpc) is 3.23. The molecule has 0 amide bonds. The molecule has 1 saturated heterocycles. The molecule has 1 N–H and O–H groups in total. The minimum absolute atomic E-state index is 0.0334. The maximum absolute atomic E-state index is 13.8. The van der Waals surface area contributed by atoms with E-state index in [1.807, 2.05) is 60.7 Å². The molecule has 2 atom stereocenters. The molecule has 1 aliphatic rings. The van der Waals surface area contributed by atoms with Crippen LogP contribution < -0.4 is 9.84 Å². The maximum Gasteiger partial charge on any atom is 0.200 e. The molecular formula is C28H30F2N2O2. The van der Waals surface area contributed by atoms with E-state index in [4.69, 9.17) is 10.1 Å². The van der Waals surface area contributed by atoms with Gasteiger partial charge in [0.1, 0.15) is 0 Å². The predicted molar refractivity (Wildman–Crippen MR) is 127 cm³/mol. The van der Waals surface area contributed by atoms with Gasteiger partial charge in [-0.1, -0.05) is 66.7 Å². The number of benzene rings is 3. The van der Waals surface area contributed by atoms with E-state index < -0.39 is 22.9 Å². The van der Waals surface area contributed by atoms with Crippen molar-refractivity contribution >= 4 is 5.90 Å². The zero-order valence-corrected chi connectivity index (χ0v) is 19.3. The Morgan fingerprint density at radius 1 is 1.00 bits per heavy atom. The topological polar surface area (TPSA) is 56.1 Å². The SMILES string of the molecule is C[N+]1(CCCOc2cccc(F)c2F)CCC(C(C(=N)[O-])(c2ccccc2)c2ccccc2)C1. The second kappa shape index (κ2) is 9.94. The first-order valence-corrected chi connectivity index (χ1v) is 11.6. The maximum atomic E-state index is 13.8. The fourth-order valence-electron chi connectivity index (χ4n) is 5.45. The second-order valence-electron chi connectivity index (χ2n) is 9.36. The Bertz CT molecular complexity index is 1080. The van der Waals surface area contributed by atoms with Gasteiger partial charge in [-0.2, -0.15) is 4.39 Å². The molecule has 0 saturated carbocycles. The van der Waals surface area contributed by atoms with Gasteiger partial charge in [0, 0.05) is 18.8 Å². The zero-order valence-electron chi connectivity index (χ0n) is 19.3. The fraction of sp³-hybridized carbons (Fsp3) is 0.321. The van der Waals surface area contributed by atoms with Crippen LogP contribution in [0.5, 0.6) is 5.75 Å². The molecule has 34 heavy (non-hydrogen) atoms. The van der Waals surface area contributed by atoms with Gasteiger partial charge in [0.2, 0.25) is 5.82 Å². The molecule has 1 heterocycles. The van der Waals surface area contributed by atoms with Gasteiger partial charge in [-0.15, -0.1) is 0 Å². The van der Waals surface area contributed by atoms with Crippen molar-refractivity contribution in [1.29, 1.82) is 5.41 Å². The third-order valence-electron chi connectivity index (χ3n) is 7.12. The lowest BCUT2D eigenvalue weighted by molar-refractivity contribution is -0.899. The third kappa shape index (κ3) is 4.55. The van der Waals surface area contributed by atoms with Crippen LogP contribution in [-0.2, 0) is 5.41 Å². The fourth-order valence-corrected chi connectivity index (χ4v) is 5.45. The second-order valence-corrected chi connectivity index (χ2v) is 9.36. The van der Waals surface area contributed by atoms with Gasteiger partial charge in [0.05, 0.1) is 38.7 Å². The van der Waals surface area contributed by atoms with E-state index in [1.165, 1.54) is 12.1 Å². The van der Waals surface area contributed by atoms with E-state index in [1.54, 1.807) is 0 Å².